The molecule has 0 aliphatic rings. The molecule has 0 saturated heterocycles. The fourth-order valence-corrected chi connectivity index (χ4v) is 4.05. The van der Waals surface area contributed by atoms with Gasteiger partial charge in [-0.2, -0.15) is 13.2 Å². The Balaban J connectivity index is 2.00. The molecule has 1 unspecified atom stereocenters. The van der Waals surface area contributed by atoms with Crippen LogP contribution in [0.5, 0.6) is 11.5 Å². The van der Waals surface area contributed by atoms with Gasteiger partial charge < -0.3 is 19.2 Å². The van der Waals surface area contributed by atoms with Crippen LogP contribution in [0.3, 0.4) is 0 Å². The Morgan fingerprint density at radius 2 is 1.79 bits per heavy atom. The summed E-state index contributed by atoms with van der Waals surface area (Å²) in [4.78, 5) is 14.1. The van der Waals surface area contributed by atoms with E-state index in [4.69, 9.17) is 9.47 Å². The third-order valence-electron chi connectivity index (χ3n) is 5.84. The topological polar surface area (TPSA) is 38.8 Å². The number of halogens is 3. The standard InChI is InChI=1S/C26H34F3NO3/c1-18(2)25-23(15-22(32-4)16-24(25)33-5)20(17-31)9-7-12-30(3)13-11-19-8-6-10-21(14-19)26(27,28)29/h6,8,10,14-18,20H,7,9,11-13H2,1-5H3. The molecule has 2 rings (SSSR count). The summed E-state index contributed by atoms with van der Waals surface area (Å²) < 4.78 is 49.7. The molecule has 0 saturated carbocycles. The van der Waals surface area contributed by atoms with Crippen molar-refractivity contribution >= 4 is 6.29 Å². The van der Waals surface area contributed by atoms with E-state index in [1.807, 2.05) is 19.2 Å². The van der Waals surface area contributed by atoms with Gasteiger partial charge in [-0.05, 0) is 62.0 Å². The first-order chi connectivity index (χ1) is 15.6. The number of alkyl halides is 3. The highest BCUT2D eigenvalue weighted by Crippen LogP contribution is 2.38. The van der Waals surface area contributed by atoms with Crippen LogP contribution in [0.15, 0.2) is 36.4 Å². The van der Waals surface area contributed by atoms with Crippen LogP contribution < -0.4 is 9.47 Å². The van der Waals surface area contributed by atoms with E-state index in [1.54, 1.807) is 20.3 Å². The van der Waals surface area contributed by atoms with Gasteiger partial charge in [-0.1, -0.05) is 32.0 Å². The number of benzene rings is 2. The lowest BCUT2D eigenvalue weighted by Gasteiger charge is -2.23. The molecule has 0 aromatic heterocycles. The molecular formula is C26H34F3NO3. The summed E-state index contributed by atoms with van der Waals surface area (Å²) in [5.41, 5.74) is 1.97. The van der Waals surface area contributed by atoms with Gasteiger partial charge in [-0.15, -0.1) is 0 Å². The van der Waals surface area contributed by atoms with Gasteiger partial charge in [-0.3, -0.25) is 0 Å². The molecule has 0 aliphatic heterocycles. The van der Waals surface area contributed by atoms with Crippen molar-refractivity contribution in [2.45, 2.75) is 51.1 Å². The van der Waals surface area contributed by atoms with E-state index >= 15 is 0 Å². The first kappa shape index (κ1) is 26.7. The molecule has 0 amide bonds. The summed E-state index contributed by atoms with van der Waals surface area (Å²) in [7, 11) is 5.14. The van der Waals surface area contributed by atoms with Crippen LogP contribution in [0.1, 0.15) is 60.8 Å². The van der Waals surface area contributed by atoms with Gasteiger partial charge in [-0.25, -0.2) is 0 Å². The number of ether oxygens (including phenoxy) is 2. The van der Waals surface area contributed by atoms with Gasteiger partial charge in [0.15, 0.2) is 0 Å². The van der Waals surface area contributed by atoms with E-state index in [2.05, 4.69) is 18.7 Å². The van der Waals surface area contributed by atoms with Gasteiger partial charge in [0, 0.05) is 24.1 Å². The maximum absolute atomic E-state index is 12.9. The number of nitrogens with zero attached hydrogens (tertiary/aromatic N) is 1. The van der Waals surface area contributed by atoms with Crippen molar-refractivity contribution in [1.29, 1.82) is 0 Å². The summed E-state index contributed by atoms with van der Waals surface area (Å²) in [6.07, 6.45) is -1.39. The highest BCUT2D eigenvalue weighted by Gasteiger charge is 2.30. The van der Waals surface area contributed by atoms with E-state index in [0.717, 1.165) is 36.4 Å². The van der Waals surface area contributed by atoms with Gasteiger partial charge in [0.1, 0.15) is 17.8 Å². The monoisotopic (exact) mass is 465 g/mol. The minimum absolute atomic E-state index is 0.179. The minimum Gasteiger partial charge on any atom is -0.497 e. The van der Waals surface area contributed by atoms with Crippen molar-refractivity contribution in [3.63, 3.8) is 0 Å². The van der Waals surface area contributed by atoms with Crippen LogP contribution in [-0.2, 0) is 17.4 Å². The third kappa shape index (κ3) is 7.49. The van der Waals surface area contributed by atoms with E-state index < -0.39 is 11.7 Å². The molecule has 7 heteroatoms. The minimum atomic E-state index is -4.33. The van der Waals surface area contributed by atoms with Crippen LogP contribution >= 0.6 is 0 Å². The van der Waals surface area contributed by atoms with Crippen LogP contribution in [0.2, 0.25) is 0 Å². The Morgan fingerprint density at radius 3 is 2.36 bits per heavy atom. The molecule has 0 radical (unpaired) electrons. The average Bonchev–Trinajstić information content (AvgIpc) is 2.79. The average molecular weight is 466 g/mol. The maximum atomic E-state index is 12.9. The third-order valence-corrected chi connectivity index (χ3v) is 5.84. The van der Waals surface area contributed by atoms with E-state index in [9.17, 15) is 18.0 Å². The van der Waals surface area contributed by atoms with Crippen LogP contribution in [0, 0.1) is 0 Å². The summed E-state index contributed by atoms with van der Waals surface area (Å²) in [6, 6.07) is 9.21. The normalized spacial score (nSPS) is 12.8. The Labute approximate surface area is 194 Å². The van der Waals surface area contributed by atoms with Gasteiger partial charge in [0.25, 0.3) is 0 Å². The lowest BCUT2D eigenvalue weighted by atomic mass is 9.86. The first-order valence-electron chi connectivity index (χ1n) is 11.2. The lowest BCUT2D eigenvalue weighted by Crippen LogP contribution is -2.23. The largest absolute Gasteiger partial charge is 0.497 e. The molecular weight excluding hydrogens is 431 g/mol. The van der Waals surface area contributed by atoms with Crippen LogP contribution in [-0.4, -0.2) is 45.5 Å². The molecule has 1 atom stereocenters. The zero-order chi connectivity index (χ0) is 24.6. The van der Waals surface area contributed by atoms with E-state index in [0.29, 0.717) is 36.4 Å². The van der Waals surface area contributed by atoms with Crippen LogP contribution in [0.4, 0.5) is 13.2 Å². The van der Waals surface area contributed by atoms with Crippen molar-refractivity contribution < 1.29 is 27.4 Å². The molecule has 0 bridgehead atoms. The first-order valence-corrected chi connectivity index (χ1v) is 11.2. The zero-order valence-corrected chi connectivity index (χ0v) is 20.0. The summed E-state index contributed by atoms with van der Waals surface area (Å²) >= 11 is 0. The molecule has 0 N–H and O–H groups in total. The molecule has 0 heterocycles. The van der Waals surface area contributed by atoms with Gasteiger partial charge >= 0.3 is 6.18 Å². The number of hydrogen-bond donors (Lipinski definition) is 0. The van der Waals surface area contributed by atoms with Gasteiger partial charge in [0.05, 0.1) is 19.8 Å². The Kier molecular flexibility index (Phi) is 9.77. The number of likely N-dealkylation sites (N-methyl/N-ethyl adjacent to an activating group) is 1. The van der Waals surface area contributed by atoms with Crippen molar-refractivity contribution in [3.05, 3.63) is 58.7 Å². The number of rotatable bonds is 12. The highest BCUT2D eigenvalue weighted by molar-refractivity contribution is 5.66. The number of hydrogen-bond acceptors (Lipinski definition) is 4. The lowest BCUT2D eigenvalue weighted by molar-refractivity contribution is -0.137. The molecule has 4 nitrogen and oxygen atoms in total. The Hall–Kier alpha value is -2.54. The molecule has 2 aromatic rings. The van der Waals surface area contributed by atoms with Crippen molar-refractivity contribution in [3.8, 4) is 11.5 Å². The van der Waals surface area contributed by atoms with Crippen molar-refractivity contribution in [1.82, 2.24) is 4.90 Å². The molecule has 0 fully saturated rings. The van der Waals surface area contributed by atoms with Gasteiger partial charge in [0.2, 0.25) is 0 Å². The summed E-state index contributed by atoms with van der Waals surface area (Å²) in [5.74, 6) is 1.25. The van der Waals surface area contributed by atoms with Crippen molar-refractivity contribution in [2.24, 2.45) is 0 Å². The number of carbonyl (C=O) groups is 1. The predicted octanol–water partition coefficient (Wildman–Crippen LogP) is 6.08. The predicted molar refractivity (Wildman–Crippen MR) is 124 cm³/mol. The second kappa shape index (κ2) is 12.1. The summed E-state index contributed by atoms with van der Waals surface area (Å²) in [6.45, 7) is 5.51. The number of methoxy groups -OCH3 is 2. The fourth-order valence-electron chi connectivity index (χ4n) is 4.05. The Bertz CT molecular complexity index is 912. The van der Waals surface area contributed by atoms with E-state index in [-0.39, 0.29) is 11.8 Å². The number of carbonyl (C=O) groups excluding carboxylic acids is 1. The highest BCUT2D eigenvalue weighted by atomic mass is 19.4. The molecule has 33 heavy (non-hydrogen) atoms. The smallest absolute Gasteiger partial charge is 0.416 e. The van der Waals surface area contributed by atoms with E-state index in [1.165, 1.54) is 12.1 Å². The second-order valence-electron chi connectivity index (χ2n) is 8.62. The van der Waals surface area contributed by atoms with Crippen molar-refractivity contribution in [2.75, 3.05) is 34.4 Å². The number of aldehydes is 1. The fraction of sp³-hybridized carbons (Fsp3) is 0.500. The Morgan fingerprint density at radius 1 is 1.06 bits per heavy atom. The zero-order valence-electron chi connectivity index (χ0n) is 20.0. The molecule has 0 spiro atoms. The maximum Gasteiger partial charge on any atom is 0.416 e. The summed E-state index contributed by atoms with van der Waals surface area (Å²) in [5, 5.41) is 0. The van der Waals surface area contributed by atoms with Crippen LogP contribution in [0.25, 0.3) is 0 Å². The molecule has 182 valence electrons. The molecule has 0 aliphatic carbocycles. The second-order valence-corrected chi connectivity index (χ2v) is 8.62. The SMILES string of the molecule is COc1cc(OC)c(C(C)C)c(C(C=O)CCCN(C)CCc2cccc(C(F)(F)F)c2)c1. The molecule has 2 aromatic carbocycles. The quantitative estimate of drug-likeness (QED) is 0.356.